The van der Waals surface area contributed by atoms with Gasteiger partial charge in [-0.1, -0.05) is 41.9 Å². The molecule has 0 spiro atoms. The molecule has 3 rings (SSSR count). The predicted molar refractivity (Wildman–Crippen MR) is 95.6 cm³/mol. The summed E-state index contributed by atoms with van der Waals surface area (Å²) in [5.74, 6) is 1.06. The van der Waals surface area contributed by atoms with Gasteiger partial charge >= 0.3 is 0 Å². The van der Waals surface area contributed by atoms with E-state index in [0.717, 1.165) is 4.88 Å². The van der Waals surface area contributed by atoms with E-state index in [2.05, 4.69) is 15.5 Å². The number of carbonyl (C=O) groups excluding carboxylic acids is 1. The number of nitrogens with one attached hydrogen (secondary N) is 1. The molecule has 0 bridgehead atoms. The SMILES string of the molecule is CC[C@@H](Oc1ccccc1Cl)C(=O)NCc1nc(-c2cccs2)no1. The van der Waals surface area contributed by atoms with Crippen molar-refractivity contribution in [2.45, 2.75) is 26.0 Å². The van der Waals surface area contributed by atoms with E-state index in [-0.39, 0.29) is 12.5 Å². The smallest absolute Gasteiger partial charge is 0.261 e. The molecule has 0 fully saturated rings. The second-order valence-electron chi connectivity index (χ2n) is 5.15. The molecule has 1 amide bonds. The van der Waals surface area contributed by atoms with Gasteiger partial charge in [0.05, 0.1) is 16.4 Å². The molecule has 1 atom stereocenters. The van der Waals surface area contributed by atoms with Gasteiger partial charge in [-0.15, -0.1) is 11.3 Å². The summed E-state index contributed by atoms with van der Waals surface area (Å²) in [6, 6.07) is 10.9. The molecule has 6 nitrogen and oxygen atoms in total. The Kier molecular flexibility index (Phi) is 5.67. The summed E-state index contributed by atoms with van der Waals surface area (Å²) in [5, 5.41) is 9.05. The molecule has 0 saturated heterocycles. The minimum Gasteiger partial charge on any atom is -0.479 e. The lowest BCUT2D eigenvalue weighted by Gasteiger charge is -2.17. The molecule has 8 heteroatoms. The summed E-state index contributed by atoms with van der Waals surface area (Å²) in [6.45, 7) is 2.00. The number of nitrogens with zero attached hydrogens (tertiary/aromatic N) is 2. The first-order valence-electron chi connectivity index (χ1n) is 7.72. The minimum atomic E-state index is -0.653. The molecule has 1 N–H and O–H groups in total. The fraction of sp³-hybridized carbons (Fsp3) is 0.235. The van der Waals surface area contributed by atoms with Crippen LogP contribution in [0.15, 0.2) is 46.3 Å². The highest BCUT2D eigenvalue weighted by atomic mass is 35.5. The lowest BCUT2D eigenvalue weighted by atomic mass is 10.2. The molecule has 2 heterocycles. The largest absolute Gasteiger partial charge is 0.479 e. The van der Waals surface area contributed by atoms with Crippen molar-refractivity contribution in [2.24, 2.45) is 0 Å². The van der Waals surface area contributed by atoms with Crippen LogP contribution in [0.4, 0.5) is 0 Å². The quantitative estimate of drug-likeness (QED) is 0.675. The number of rotatable bonds is 7. The Morgan fingerprint density at radius 1 is 1.36 bits per heavy atom. The maximum absolute atomic E-state index is 12.3. The van der Waals surface area contributed by atoms with Gasteiger partial charge in [0.25, 0.3) is 5.91 Å². The number of benzene rings is 1. The van der Waals surface area contributed by atoms with E-state index in [1.54, 1.807) is 24.3 Å². The van der Waals surface area contributed by atoms with Gasteiger partial charge in [0.2, 0.25) is 11.7 Å². The van der Waals surface area contributed by atoms with Crippen molar-refractivity contribution in [2.75, 3.05) is 0 Å². The van der Waals surface area contributed by atoms with Crippen LogP contribution in [0.1, 0.15) is 19.2 Å². The zero-order valence-corrected chi connectivity index (χ0v) is 15.0. The highest BCUT2D eigenvalue weighted by Crippen LogP contribution is 2.25. The van der Waals surface area contributed by atoms with Crippen LogP contribution in [-0.4, -0.2) is 22.2 Å². The molecule has 0 saturated carbocycles. The minimum absolute atomic E-state index is 0.138. The third-order valence-corrected chi connectivity index (χ3v) is 4.57. The molecular formula is C17H16ClN3O3S. The van der Waals surface area contributed by atoms with Crippen LogP contribution in [0.5, 0.6) is 5.75 Å². The third kappa shape index (κ3) is 4.37. The Hall–Kier alpha value is -2.38. The van der Waals surface area contributed by atoms with Crippen molar-refractivity contribution in [3.8, 4) is 16.5 Å². The van der Waals surface area contributed by atoms with Gasteiger partial charge in [-0.05, 0) is 30.0 Å². The van der Waals surface area contributed by atoms with Gasteiger partial charge in [-0.25, -0.2) is 0 Å². The van der Waals surface area contributed by atoms with Crippen LogP contribution >= 0.6 is 22.9 Å². The highest BCUT2D eigenvalue weighted by molar-refractivity contribution is 7.13. The highest BCUT2D eigenvalue weighted by Gasteiger charge is 2.20. The number of para-hydroxylation sites is 1. The van der Waals surface area contributed by atoms with Gasteiger partial charge in [-0.3, -0.25) is 4.79 Å². The lowest BCUT2D eigenvalue weighted by molar-refractivity contribution is -0.128. The van der Waals surface area contributed by atoms with Gasteiger partial charge in [0.15, 0.2) is 6.10 Å². The lowest BCUT2D eigenvalue weighted by Crippen LogP contribution is -2.37. The van der Waals surface area contributed by atoms with Crippen molar-refractivity contribution in [3.05, 3.63) is 52.7 Å². The maximum Gasteiger partial charge on any atom is 0.261 e. The first kappa shape index (κ1) is 17.4. The maximum atomic E-state index is 12.3. The van der Waals surface area contributed by atoms with Crippen molar-refractivity contribution in [3.63, 3.8) is 0 Å². The van der Waals surface area contributed by atoms with Crippen LogP contribution < -0.4 is 10.1 Å². The Bertz CT molecular complexity index is 835. The average molecular weight is 378 g/mol. The molecule has 0 aliphatic heterocycles. The van der Waals surface area contributed by atoms with E-state index in [4.69, 9.17) is 20.9 Å². The number of carbonyl (C=O) groups is 1. The molecule has 0 radical (unpaired) electrons. The van der Waals surface area contributed by atoms with Crippen LogP contribution in [0, 0.1) is 0 Å². The van der Waals surface area contributed by atoms with Crippen molar-refractivity contribution in [1.82, 2.24) is 15.5 Å². The standard InChI is InChI=1S/C17H16ClN3O3S/c1-2-12(23-13-7-4-3-6-11(13)18)17(22)19-10-15-20-16(21-24-15)14-8-5-9-25-14/h3-9,12H,2,10H2,1H3,(H,19,22)/t12-/m1/s1. The zero-order valence-electron chi connectivity index (χ0n) is 13.4. The topological polar surface area (TPSA) is 77.2 Å². The zero-order chi connectivity index (χ0) is 17.6. The number of hydrogen-bond acceptors (Lipinski definition) is 6. The summed E-state index contributed by atoms with van der Waals surface area (Å²) in [5.41, 5.74) is 0. The summed E-state index contributed by atoms with van der Waals surface area (Å²) in [7, 11) is 0. The van der Waals surface area contributed by atoms with Crippen LogP contribution in [0.2, 0.25) is 5.02 Å². The number of thiophene rings is 1. The summed E-state index contributed by atoms with van der Waals surface area (Å²) in [6.07, 6.45) is -0.152. The van der Waals surface area contributed by atoms with E-state index in [1.807, 2.05) is 24.4 Å². The Morgan fingerprint density at radius 3 is 2.92 bits per heavy atom. The average Bonchev–Trinajstić information content (AvgIpc) is 3.30. The number of halogens is 1. The number of amides is 1. The Balaban J connectivity index is 1.58. The molecule has 25 heavy (non-hydrogen) atoms. The van der Waals surface area contributed by atoms with Gasteiger partial charge in [0.1, 0.15) is 5.75 Å². The molecular weight excluding hydrogens is 362 g/mol. The summed E-state index contributed by atoms with van der Waals surface area (Å²) < 4.78 is 10.9. The number of aromatic nitrogens is 2. The molecule has 130 valence electrons. The number of hydrogen-bond donors (Lipinski definition) is 1. The molecule has 1 aromatic carbocycles. The molecule has 2 aromatic heterocycles. The van der Waals surface area contributed by atoms with Gasteiger partial charge in [0, 0.05) is 0 Å². The molecule has 0 unspecified atom stereocenters. The van der Waals surface area contributed by atoms with Crippen molar-refractivity contribution in [1.29, 1.82) is 0 Å². The molecule has 0 aliphatic carbocycles. The van der Waals surface area contributed by atoms with Crippen molar-refractivity contribution < 1.29 is 14.1 Å². The van der Waals surface area contributed by atoms with E-state index >= 15 is 0 Å². The second-order valence-corrected chi connectivity index (χ2v) is 6.51. The number of ether oxygens (including phenoxy) is 1. The Labute approximate surface area is 153 Å². The molecule has 0 aliphatic rings. The predicted octanol–water partition coefficient (Wildman–Crippen LogP) is 3.93. The first-order chi connectivity index (χ1) is 12.2. The van der Waals surface area contributed by atoms with Crippen LogP contribution in [0.25, 0.3) is 10.7 Å². The van der Waals surface area contributed by atoms with E-state index < -0.39 is 6.10 Å². The van der Waals surface area contributed by atoms with Crippen LogP contribution in [-0.2, 0) is 11.3 Å². The normalized spacial score (nSPS) is 11.9. The third-order valence-electron chi connectivity index (χ3n) is 3.39. The van der Waals surface area contributed by atoms with Crippen LogP contribution in [0.3, 0.4) is 0 Å². The van der Waals surface area contributed by atoms with Gasteiger partial charge in [-0.2, -0.15) is 4.98 Å². The van der Waals surface area contributed by atoms with E-state index in [9.17, 15) is 4.79 Å². The molecule has 3 aromatic rings. The van der Waals surface area contributed by atoms with E-state index in [1.165, 1.54) is 11.3 Å². The monoisotopic (exact) mass is 377 g/mol. The Morgan fingerprint density at radius 2 is 2.20 bits per heavy atom. The second kappa shape index (κ2) is 8.13. The first-order valence-corrected chi connectivity index (χ1v) is 8.98. The van der Waals surface area contributed by atoms with E-state index in [0.29, 0.717) is 28.9 Å². The fourth-order valence-electron chi connectivity index (χ4n) is 2.12. The van der Waals surface area contributed by atoms with Gasteiger partial charge < -0.3 is 14.6 Å². The van der Waals surface area contributed by atoms with Crippen molar-refractivity contribution >= 4 is 28.8 Å². The summed E-state index contributed by atoms with van der Waals surface area (Å²) in [4.78, 5) is 17.5. The summed E-state index contributed by atoms with van der Waals surface area (Å²) >= 11 is 7.59. The fourth-order valence-corrected chi connectivity index (χ4v) is 2.95.